The number of aryl methyl sites for hydroxylation is 1. The third-order valence-corrected chi connectivity index (χ3v) is 9.50. The smallest absolute Gasteiger partial charge is 0.328 e. The van der Waals surface area contributed by atoms with Crippen LogP contribution >= 0.6 is 11.6 Å². The van der Waals surface area contributed by atoms with Gasteiger partial charge < -0.3 is 10.8 Å². The number of nitrogens with zero attached hydrogens (tertiary/aromatic N) is 2. The van der Waals surface area contributed by atoms with Crippen molar-refractivity contribution < 1.29 is 33.5 Å². The summed E-state index contributed by atoms with van der Waals surface area (Å²) in [6, 6.07) is 7.39. The second-order valence-electron chi connectivity index (χ2n) is 11.2. The zero-order valence-corrected chi connectivity index (χ0v) is 22.3. The van der Waals surface area contributed by atoms with Crippen LogP contribution in [0.3, 0.4) is 0 Å². The number of nitrogens with two attached hydrogens (primary N) is 1. The molecule has 6 atom stereocenters. The topological polar surface area (TPSA) is 138 Å². The minimum atomic E-state index is -1.31. The lowest BCUT2D eigenvalue weighted by Gasteiger charge is -2.49. The number of fused-ring (bicyclic) bond motifs is 4. The SMILES string of the molecule is Cc1cc([C@H]2C3=CC[C@@H]4C(=O)N(C(N)=O)C(=O)[C@@H]4[C@@H]3C[C@H]3C(=O)N(c4ccc(F)c(Cl)c4)C(=O)[C@@]23C)ccc1O. The Hall–Kier alpha value is -4.05. The molecule has 0 spiro atoms. The first-order valence-corrected chi connectivity index (χ1v) is 13.3. The van der Waals surface area contributed by atoms with Crippen molar-refractivity contribution in [3.8, 4) is 5.75 Å². The summed E-state index contributed by atoms with van der Waals surface area (Å²) in [6.45, 7) is 3.42. The highest BCUT2D eigenvalue weighted by atomic mass is 35.5. The van der Waals surface area contributed by atoms with E-state index in [1.165, 1.54) is 18.2 Å². The van der Waals surface area contributed by atoms with Crippen LogP contribution in [-0.4, -0.2) is 39.7 Å². The van der Waals surface area contributed by atoms with Gasteiger partial charge in [0.1, 0.15) is 11.6 Å². The molecule has 2 aromatic carbocycles. The number of halogens is 2. The first-order valence-electron chi connectivity index (χ1n) is 12.9. The van der Waals surface area contributed by atoms with Gasteiger partial charge in [-0.05, 0) is 68.0 Å². The van der Waals surface area contributed by atoms with Gasteiger partial charge in [0.05, 0.1) is 33.9 Å². The summed E-state index contributed by atoms with van der Waals surface area (Å²) in [6.07, 6.45) is 2.09. The predicted molar refractivity (Wildman–Crippen MR) is 140 cm³/mol. The molecule has 2 saturated heterocycles. The van der Waals surface area contributed by atoms with Crippen molar-refractivity contribution in [3.05, 3.63) is 70.0 Å². The highest BCUT2D eigenvalue weighted by molar-refractivity contribution is 6.31. The summed E-state index contributed by atoms with van der Waals surface area (Å²) in [5, 5.41) is 9.96. The molecule has 6 amide bonds. The maximum absolute atomic E-state index is 14.3. The minimum Gasteiger partial charge on any atom is -0.508 e. The molecule has 40 heavy (non-hydrogen) atoms. The molecule has 4 aliphatic rings. The Morgan fingerprint density at radius 2 is 1.80 bits per heavy atom. The highest BCUT2D eigenvalue weighted by Gasteiger charge is 2.67. The molecular formula is C29H25ClFN3O6. The third-order valence-electron chi connectivity index (χ3n) is 9.21. The number of benzene rings is 2. The number of rotatable bonds is 2. The number of phenolic OH excluding ortho intramolecular Hbond substituents is 1. The van der Waals surface area contributed by atoms with Gasteiger partial charge in [-0.3, -0.25) is 19.2 Å². The van der Waals surface area contributed by atoms with E-state index in [0.29, 0.717) is 16.0 Å². The Morgan fingerprint density at radius 3 is 2.45 bits per heavy atom. The first-order chi connectivity index (χ1) is 18.9. The normalized spacial score (nSPS) is 31.2. The van der Waals surface area contributed by atoms with Crippen LogP contribution in [0.1, 0.15) is 36.8 Å². The second-order valence-corrected chi connectivity index (χ2v) is 11.6. The summed E-state index contributed by atoms with van der Waals surface area (Å²) >= 11 is 5.99. The van der Waals surface area contributed by atoms with E-state index in [4.69, 9.17) is 17.3 Å². The first kappa shape index (κ1) is 26.2. The average Bonchev–Trinajstić information content (AvgIpc) is 3.27. The van der Waals surface area contributed by atoms with Crippen molar-refractivity contribution in [3.63, 3.8) is 0 Å². The number of aromatic hydroxyl groups is 1. The van der Waals surface area contributed by atoms with E-state index in [9.17, 15) is 33.5 Å². The quantitative estimate of drug-likeness (QED) is 0.419. The van der Waals surface area contributed by atoms with Gasteiger partial charge in [0.2, 0.25) is 23.6 Å². The summed E-state index contributed by atoms with van der Waals surface area (Å²) in [5.41, 5.74) is 6.10. The molecule has 0 unspecified atom stereocenters. The number of phenols is 1. The number of carbonyl (C=O) groups is 5. The van der Waals surface area contributed by atoms with Crippen LogP contribution in [0.5, 0.6) is 5.75 Å². The highest BCUT2D eigenvalue weighted by Crippen LogP contribution is 2.63. The molecule has 206 valence electrons. The fraction of sp³-hybridized carbons (Fsp3) is 0.345. The van der Waals surface area contributed by atoms with Crippen LogP contribution in [-0.2, 0) is 19.2 Å². The number of primary amides is 1. The van der Waals surface area contributed by atoms with E-state index in [2.05, 4.69) is 0 Å². The molecule has 0 radical (unpaired) electrons. The molecular weight excluding hydrogens is 541 g/mol. The second kappa shape index (κ2) is 8.72. The Labute approximate surface area is 233 Å². The van der Waals surface area contributed by atoms with Gasteiger partial charge in [-0.15, -0.1) is 0 Å². The molecule has 0 bridgehead atoms. The van der Waals surface area contributed by atoms with Gasteiger partial charge in [-0.25, -0.2) is 14.1 Å². The molecule has 2 aliphatic heterocycles. The Bertz CT molecular complexity index is 1590. The van der Waals surface area contributed by atoms with Crippen molar-refractivity contribution in [2.75, 3.05) is 4.90 Å². The van der Waals surface area contributed by atoms with Crippen molar-refractivity contribution in [1.82, 2.24) is 4.90 Å². The monoisotopic (exact) mass is 565 g/mol. The number of imide groups is 4. The molecule has 2 aromatic rings. The number of likely N-dealkylation sites (tertiary alicyclic amines) is 1. The average molecular weight is 566 g/mol. The zero-order chi connectivity index (χ0) is 28.8. The van der Waals surface area contributed by atoms with Crippen LogP contribution in [0.25, 0.3) is 0 Å². The Morgan fingerprint density at radius 1 is 1.07 bits per heavy atom. The fourth-order valence-electron chi connectivity index (χ4n) is 7.34. The van der Waals surface area contributed by atoms with Gasteiger partial charge >= 0.3 is 6.03 Å². The van der Waals surface area contributed by atoms with E-state index >= 15 is 0 Å². The maximum atomic E-state index is 14.3. The van der Waals surface area contributed by atoms with Crippen molar-refractivity contribution in [2.24, 2.45) is 34.8 Å². The van der Waals surface area contributed by atoms with Crippen LogP contribution in [0.15, 0.2) is 48.0 Å². The summed E-state index contributed by atoms with van der Waals surface area (Å²) < 4.78 is 13.9. The Kier molecular flexibility index (Phi) is 5.71. The Balaban J connectivity index is 1.53. The number of carbonyl (C=O) groups excluding carboxylic acids is 5. The lowest BCUT2D eigenvalue weighted by molar-refractivity contribution is -0.136. The number of urea groups is 1. The molecule has 2 aliphatic carbocycles. The summed E-state index contributed by atoms with van der Waals surface area (Å²) in [7, 11) is 0. The molecule has 1 saturated carbocycles. The van der Waals surface area contributed by atoms with Gasteiger partial charge in [0.15, 0.2) is 0 Å². The summed E-state index contributed by atoms with van der Waals surface area (Å²) in [5.74, 6) is -6.99. The fourth-order valence-corrected chi connectivity index (χ4v) is 7.52. The minimum absolute atomic E-state index is 0.0561. The molecule has 9 nitrogen and oxygen atoms in total. The van der Waals surface area contributed by atoms with Gasteiger partial charge in [0, 0.05) is 5.92 Å². The molecule has 3 N–H and O–H groups in total. The number of allylic oxidation sites excluding steroid dienone is 2. The van der Waals surface area contributed by atoms with Gasteiger partial charge in [0.25, 0.3) is 0 Å². The van der Waals surface area contributed by atoms with Crippen molar-refractivity contribution >= 4 is 46.9 Å². The molecule has 6 rings (SSSR count). The molecule has 3 fully saturated rings. The summed E-state index contributed by atoms with van der Waals surface area (Å²) in [4.78, 5) is 68.1. The van der Waals surface area contributed by atoms with Crippen molar-refractivity contribution in [1.29, 1.82) is 0 Å². The zero-order valence-electron chi connectivity index (χ0n) is 21.6. The number of hydrogen-bond acceptors (Lipinski definition) is 6. The van der Waals surface area contributed by atoms with E-state index in [1.807, 2.05) is 6.08 Å². The van der Waals surface area contributed by atoms with Crippen LogP contribution < -0.4 is 10.6 Å². The lowest BCUT2D eigenvalue weighted by atomic mass is 9.51. The van der Waals surface area contributed by atoms with Crippen LogP contribution in [0.2, 0.25) is 5.02 Å². The largest absolute Gasteiger partial charge is 0.508 e. The van der Waals surface area contributed by atoms with Gasteiger partial charge in [-0.1, -0.05) is 35.4 Å². The standard InChI is InChI=1S/C29H25ClFN3O6/c1-12-9-13(3-8-21(12)35)23-15-5-6-16-22(26(38)34(24(16)36)28(32)40)17(15)11-18-25(37)33(27(39)29(18,23)2)14-4-7-20(31)19(30)10-14/h3-5,7-10,16-18,22-23,35H,6,11H2,1-2H3,(H2,32,40)/t16-,17+,18-,22-,23-,29+/m0/s1. The van der Waals surface area contributed by atoms with Crippen molar-refractivity contribution in [2.45, 2.75) is 32.6 Å². The molecule has 0 aromatic heterocycles. The predicted octanol–water partition coefficient (Wildman–Crippen LogP) is 3.80. The number of amides is 6. The third kappa shape index (κ3) is 3.35. The maximum Gasteiger partial charge on any atom is 0.328 e. The van der Waals surface area contributed by atoms with E-state index in [1.54, 1.807) is 26.0 Å². The van der Waals surface area contributed by atoms with Crippen LogP contribution in [0, 0.1) is 41.8 Å². The number of anilines is 1. The van der Waals surface area contributed by atoms with E-state index < -0.39 is 70.5 Å². The molecule has 2 heterocycles. The van der Waals surface area contributed by atoms with Gasteiger partial charge in [-0.2, -0.15) is 4.90 Å². The number of hydrogen-bond donors (Lipinski definition) is 2. The van der Waals surface area contributed by atoms with E-state index in [-0.39, 0.29) is 29.3 Å². The van der Waals surface area contributed by atoms with E-state index in [0.717, 1.165) is 16.5 Å². The molecule has 11 heteroatoms. The van der Waals surface area contributed by atoms with Crippen LogP contribution in [0.4, 0.5) is 14.9 Å². The lowest BCUT2D eigenvalue weighted by Crippen LogP contribution is -2.49.